The third-order valence-electron chi connectivity index (χ3n) is 1.31. The third kappa shape index (κ3) is 1.92. The Labute approximate surface area is 78.3 Å². The zero-order valence-electron chi connectivity index (χ0n) is 5.88. The summed E-state index contributed by atoms with van der Waals surface area (Å²) >= 11 is 8.99. The average Bonchev–Trinajstić information content (AvgIpc) is 1.85. The molecule has 0 aliphatic carbocycles. The Morgan fingerprint density at radius 2 is 2.36 bits per heavy atom. The van der Waals surface area contributed by atoms with Gasteiger partial charge in [0.15, 0.2) is 0 Å². The molecule has 0 saturated carbocycles. The van der Waals surface area contributed by atoms with Gasteiger partial charge in [-0.05, 0) is 13.0 Å². The highest BCUT2D eigenvalue weighted by Crippen LogP contribution is 2.27. The van der Waals surface area contributed by atoms with Crippen molar-refractivity contribution in [2.75, 3.05) is 0 Å². The van der Waals surface area contributed by atoms with Crippen molar-refractivity contribution in [2.24, 2.45) is 0 Å². The Bertz CT molecular complexity index is 244. The number of rotatable bonds is 1. The largest absolute Gasteiger partial charge is 0.389 e. The first-order chi connectivity index (χ1) is 5.13. The van der Waals surface area contributed by atoms with Crippen LogP contribution >= 0.6 is 27.5 Å². The summed E-state index contributed by atoms with van der Waals surface area (Å²) in [5.74, 6) is 0. The van der Waals surface area contributed by atoms with Crippen LogP contribution in [0.5, 0.6) is 0 Å². The Morgan fingerprint density at radius 1 is 1.73 bits per heavy atom. The lowest BCUT2D eigenvalue weighted by Gasteiger charge is -2.07. The van der Waals surface area contributed by atoms with Crippen LogP contribution in [-0.4, -0.2) is 10.1 Å². The summed E-state index contributed by atoms with van der Waals surface area (Å²) in [7, 11) is 0. The van der Waals surface area contributed by atoms with Crippen molar-refractivity contribution in [3.05, 3.63) is 27.5 Å². The molecule has 1 atom stereocenters. The standard InChI is InChI=1S/C7H7BrClNO/c1-4(11)6-5(8)2-3-10-7(6)9/h2-4,11H,1H3. The number of nitrogens with zero attached hydrogens (tertiary/aromatic N) is 1. The third-order valence-corrected chi connectivity index (χ3v) is 2.30. The molecule has 1 aromatic rings. The van der Waals surface area contributed by atoms with Crippen molar-refractivity contribution in [2.45, 2.75) is 13.0 Å². The zero-order valence-corrected chi connectivity index (χ0v) is 8.22. The summed E-state index contributed by atoms with van der Waals surface area (Å²) in [4.78, 5) is 3.84. The summed E-state index contributed by atoms with van der Waals surface area (Å²) in [6.45, 7) is 1.65. The molecule has 2 nitrogen and oxygen atoms in total. The number of halogens is 2. The normalized spacial score (nSPS) is 13.1. The molecule has 1 aromatic heterocycles. The maximum atomic E-state index is 9.23. The van der Waals surface area contributed by atoms with Gasteiger partial charge < -0.3 is 5.11 Å². The number of hydrogen-bond acceptors (Lipinski definition) is 2. The molecule has 0 bridgehead atoms. The minimum Gasteiger partial charge on any atom is -0.389 e. The smallest absolute Gasteiger partial charge is 0.135 e. The molecule has 1 rings (SSSR count). The highest BCUT2D eigenvalue weighted by molar-refractivity contribution is 9.10. The van der Waals surface area contributed by atoms with Crippen LogP contribution < -0.4 is 0 Å². The maximum Gasteiger partial charge on any atom is 0.135 e. The highest BCUT2D eigenvalue weighted by atomic mass is 79.9. The molecule has 0 aliphatic rings. The first-order valence-electron chi connectivity index (χ1n) is 3.11. The van der Waals surface area contributed by atoms with Gasteiger partial charge in [0.05, 0.1) is 6.10 Å². The van der Waals surface area contributed by atoms with Gasteiger partial charge in [-0.3, -0.25) is 0 Å². The fourth-order valence-electron chi connectivity index (χ4n) is 0.798. The van der Waals surface area contributed by atoms with E-state index in [1.165, 1.54) is 0 Å². The Morgan fingerprint density at radius 3 is 2.73 bits per heavy atom. The predicted molar refractivity (Wildman–Crippen MR) is 47.6 cm³/mol. The van der Waals surface area contributed by atoms with Crippen molar-refractivity contribution in [3.8, 4) is 0 Å². The van der Waals surface area contributed by atoms with Crippen molar-refractivity contribution in [1.82, 2.24) is 4.98 Å². The minimum absolute atomic E-state index is 0.342. The van der Waals surface area contributed by atoms with Crippen LogP contribution in [0.4, 0.5) is 0 Å². The van der Waals surface area contributed by atoms with Gasteiger partial charge in [0, 0.05) is 16.2 Å². The van der Waals surface area contributed by atoms with Crippen LogP contribution in [0.3, 0.4) is 0 Å². The van der Waals surface area contributed by atoms with Crippen molar-refractivity contribution in [1.29, 1.82) is 0 Å². The van der Waals surface area contributed by atoms with E-state index in [1.807, 2.05) is 0 Å². The SMILES string of the molecule is CC(O)c1c(Br)ccnc1Cl. The number of aliphatic hydroxyl groups excluding tert-OH is 1. The minimum atomic E-state index is -0.592. The monoisotopic (exact) mass is 235 g/mol. The molecular formula is C7H7BrClNO. The number of aliphatic hydroxyl groups is 1. The van der Waals surface area contributed by atoms with E-state index >= 15 is 0 Å². The van der Waals surface area contributed by atoms with Crippen molar-refractivity contribution >= 4 is 27.5 Å². The van der Waals surface area contributed by atoms with Gasteiger partial charge in [0.1, 0.15) is 5.15 Å². The second-order valence-corrected chi connectivity index (χ2v) is 3.39. The van der Waals surface area contributed by atoms with Gasteiger partial charge in [-0.15, -0.1) is 0 Å². The number of hydrogen-bond donors (Lipinski definition) is 1. The van der Waals surface area contributed by atoms with Crippen LogP contribution in [0, 0.1) is 0 Å². The molecule has 1 unspecified atom stereocenters. The van der Waals surface area contributed by atoms with Crippen LogP contribution in [0.1, 0.15) is 18.6 Å². The van der Waals surface area contributed by atoms with Gasteiger partial charge in [0.25, 0.3) is 0 Å². The molecule has 1 N–H and O–H groups in total. The molecule has 60 valence electrons. The molecule has 0 saturated heterocycles. The lowest BCUT2D eigenvalue weighted by atomic mass is 10.2. The molecule has 11 heavy (non-hydrogen) atoms. The van der Waals surface area contributed by atoms with Crippen LogP contribution in [0.2, 0.25) is 5.15 Å². The topological polar surface area (TPSA) is 33.1 Å². The van der Waals surface area contributed by atoms with E-state index in [9.17, 15) is 5.11 Å². The molecule has 0 amide bonds. The van der Waals surface area contributed by atoms with Crippen LogP contribution in [0.15, 0.2) is 16.7 Å². The quantitative estimate of drug-likeness (QED) is 0.760. The van der Waals surface area contributed by atoms with E-state index < -0.39 is 6.10 Å². The summed E-state index contributed by atoms with van der Waals surface area (Å²) in [5.41, 5.74) is 0.633. The maximum absolute atomic E-state index is 9.23. The van der Waals surface area contributed by atoms with Crippen LogP contribution in [0.25, 0.3) is 0 Å². The van der Waals surface area contributed by atoms with E-state index in [2.05, 4.69) is 20.9 Å². The summed E-state index contributed by atoms with van der Waals surface area (Å²) in [6, 6.07) is 1.74. The van der Waals surface area contributed by atoms with Gasteiger partial charge >= 0.3 is 0 Å². The van der Waals surface area contributed by atoms with Gasteiger partial charge in [-0.2, -0.15) is 0 Å². The molecular weight excluding hydrogens is 229 g/mol. The lowest BCUT2D eigenvalue weighted by Crippen LogP contribution is -1.95. The van der Waals surface area contributed by atoms with Gasteiger partial charge in [-0.1, -0.05) is 27.5 Å². The lowest BCUT2D eigenvalue weighted by molar-refractivity contribution is 0.198. The van der Waals surface area contributed by atoms with Crippen molar-refractivity contribution < 1.29 is 5.11 Å². The fourth-order valence-corrected chi connectivity index (χ4v) is 1.87. The van der Waals surface area contributed by atoms with Gasteiger partial charge in [-0.25, -0.2) is 4.98 Å². The van der Waals surface area contributed by atoms with Crippen LogP contribution in [-0.2, 0) is 0 Å². The number of pyridine rings is 1. The van der Waals surface area contributed by atoms with Gasteiger partial charge in [0.2, 0.25) is 0 Å². The Kier molecular flexibility index (Phi) is 2.87. The second kappa shape index (κ2) is 3.52. The second-order valence-electron chi connectivity index (χ2n) is 2.17. The average molecular weight is 236 g/mol. The summed E-state index contributed by atoms with van der Waals surface area (Å²) < 4.78 is 0.785. The van der Waals surface area contributed by atoms with E-state index in [-0.39, 0.29) is 0 Å². The van der Waals surface area contributed by atoms with E-state index in [1.54, 1.807) is 19.2 Å². The van der Waals surface area contributed by atoms with E-state index in [0.29, 0.717) is 10.7 Å². The highest BCUT2D eigenvalue weighted by Gasteiger charge is 2.10. The Balaban J connectivity index is 3.21. The number of aromatic nitrogens is 1. The fraction of sp³-hybridized carbons (Fsp3) is 0.286. The van der Waals surface area contributed by atoms with E-state index in [4.69, 9.17) is 11.6 Å². The molecule has 0 fully saturated rings. The molecule has 0 aromatic carbocycles. The predicted octanol–water partition coefficient (Wildman–Crippen LogP) is 2.55. The molecule has 4 heteroatoms. The Hall–Kier alpha value is -0.120. The summed E-state index contributed by atoms with van der Waals surface area (Å²) in [5, 5.41) is 9.57. The first-order valence-corrected chi connectivity index (χ1v) is 4.28. The molecule has 0 spiro atoms. The molecule has 1 heterocycles. The summed E-state index contributed by atoms with van der Waals surface area (Å²) in [6.07, 6.45) is 0.990. The van der Waals surface area contributed by atoms with Crippen molar-refractivity contribution in [3.63, 3.8) is 0 Å². The molecule has 0 radical (unpaired) electrons. The molecule has 0 aliphatic heterocycles. The first kappa shape index (κ1) is 8.97. The zero-order chi connectivity index (χ0) is 8.43. The van der Waals surface area contributed by atoms with E-state index in [0.717, 1.165) is 4.47 Å².